The first-order valence-electron chi connectivity index (χ1n) is 9.81. The Kier molecular flexibility index (Phi) is 3.83. The van der Waals surface area contributed by atoms with E-state index in [0.717, 1.165) is 33.2 Å². The van der Waals surface area contributed by atoms with Crippen molar-refractivity contribution in [2.45, 2.75) is 0 Å². The lowest BCUT2D eigenvalue weighted by atomic mass is 10.0. The Morgan fingerprint density at radius 3 is 2.07 bits per heavy atom. The number of hydrogen-bond acceptors (Lipinski definition) is 2. The van der Waals surface area contributed by atoms with Crippen molar-refractivity contribution in [3.63, 3.8) is 0 Å². The van der Waals surface area contributed by atoms with Gasteiger partial charge in [-0.1, -0.05) is 78.3 Å². The van der Waals surface area contributed by atoms with Crippen molar-refractivity contribution in [2.75, 3.05) is 0 Å². The van der Waals surface area contributed by atoms with E-state index in [9.17, 15) is 0 Å². The molecule has 0 unspecified atom stereocenters. The van der Waals surface area contributed by atoms with E-state index in [4.69, 9.17) is 11.6 Å². The van der Waals surface area contributed by atoms with Crippen LogP contribution in [0.2, 0.25) is 5.15 Å². The average molecular weight is 406 g/mol. The van der Waals surface area contributed by atoms with E-state index in [1.165, 1.54) is 16.3 Å². The molecule has 6 rings (SSSR count). The summed E-state index contributed by atoms with van der Waals surface area (Å²) in [4.78, 5) is 0. The third-order valence-corrected chi connectivity index (χ3v) is 5.88. The van der Waals surface area contributed by atoms with Gasteiger partial charge in [0, 0.05) is 32.8 Å². The van der Waals surface area contributed by atoms with Crippen molar-refractivity contribution < 1.29 is 0 Å². The molecule has 0 amide bonds. The molecule has 30 heavy (non-hydrogen) atoms. The van der Waals surface area contributed by atoms with Gasteiger partial charge >= 0.3 is 0 Å². The van der Waals surface area contributed by atoms with E-state index >= 15 is 0 Å². The van der Waals surface area contributed by atoms with Crippen LogP contribution in [0.25, 0.3) is 49.5 Å². The molecule has 4 aromatic carbocycles. The largest absolute Gasteiger partial charge is 0.309 e. The van der Waals surface area contributed by atoms with Crippen molar-refractivity contribution in [1.29, 1.82) is 0 Å². The molecule has 0 bridgehead atoms. The van der Waals surface area contributed by atoms with Gasteiger partial charge in [-0.15, -0.1) is 10.2 Å². The summed E-state index contributed by atoms with van der Waals surface area (Å²) in [5, 5.41) is 13.4. The zero-order valence-electron chi connectivity index (χ0n) is 16.0. The van der Waals surface area contributed by atoms with Crippen LogP contribution in [0.1, 0.15) is 0 Å². The van der Waals surface area contributed by atoms with Crippen LogP contribution in [-0.4, -0.2) is 14.8 Å². The molecule has 0 atom stereocenters. The number of fused-ring (bicyclic) bond motifs is 4. The zero-order chi connectivity index (χ0) is 20.1. The summed E-state index contributed by atoms with van der Waals surface area (Å²) in [5.41, 5.74) is 5.36. The van der Waals surface area contributed by atoms with Gasteiger partial charge in [0.2, 0.25) is 0 Å². The molecule has 0 aliphatic carbocycles. The molecule has 2 aromatic heterocycles. The monoisotopic (exact) mass is 405 g/mol. The Hall–Kier alpha value is -3.69. The van der Waals surface area contributed by atoms with Gasteiger partial charge in [-0.05, 0) is 30.3 Å². The van der Waals surface area contributed by atoms with E-state index in [0.29, 0.717) is 5.15 Å². The van der Waals surface area contributed by atoms with Gasteiger partial charge < -0.3 is 4.57 Å². The van der Waals surface area contributed by atoms with E-state index in [-0.39, 0.29) is 0 Å². The van der Waals surface area contributed by atoms with Crippen molar-refractivity contribution in [3.8, 4) is 16.9 Å². The fourth-order valence-electron chi connectivity index (χ4n) is 4.26. The Balaban J connectivity index is 1.68. The molecular weight excluding hydrogens is 390 g/mol. The SMILES string of the molecule is Clc1nnc(-c2ccc3c(c2)c2ccccc2n3-c2ccccc2)c2ccccc12. The van der Waals surface area contributed by atoms with E-state index in [1.54, 1.807) is 0 Å². The number of rotatable bonds is 2. The van der Waals surface area contributed by atoms with Crippen molar-refractivity contribution in [1.82, 2.24) is 14.8 Å². The molecular formula is C26H16ClN3. The maximum absolute atomic E-state index is 6.28. The summed E-state index contributed by atoms with van der Waals surface area (Å²) in [6.45, 7) is 0. The topological polar surface area (TPSA) is 30.7 Å². The first-order valence-corrected chi connectivity index (χ1v) is 10.2. The number of aromatic nitrogens is 3. The van der Waals surface area contributed by atoms with Crippen LogP contribution in [0.4, 0.5) is 0 Å². The van der Waals surface area contributed by atoms with Crippen LogP contribution >= 0.6 is 11.6 Å². The highest BCUT2D eigenvalue weighted by Gasteiger charge is 2.15. The number of nitrogens with zero attached hydrogens (tertiary/aromatic N) is 3. The van der Waals surface area contributed by atoms with Crippen LogP contribution in [-0.2, 0) is 0 Å². The Morgan fingerprint density at radius 1 is 0.567 bits per heavy atom. The lowest BCUT2D eigenvalue weighted by Gasteiger charge is -2.09. The fourth-order valence-corrected chi connectivity index (χ4v) is 4.46. The van der Waals surface area contributed by atoms with Gasteiger partial charge in [-0.3, -0.25) is 0 Å². The second-order valence-corrected chi connectivity index (χ2v) is 7.66. The van der Waals surface area contributed by atoms with Gasteiger partial charge in [0.15, 0.2) is 5.15 Å². The highest BCUT2D eigenvalue weighted by atomic mass is 35.5. The predicted molar refractivity (Wildman–Crippen MR) is 124 cm³/mol. The van der Waals surface area contributed by atoms with Gasteiger partial charge in [-0.25, -0.2) is 0 Å². The maximum Gasteiger partial charge on any atom is 0.159 e. The number of benzene rings is 4. The van der Waals surface area contributed by atoms with Crippen LogP contribution in [0.3, 0.4) is 0 Å². The van der Waals surface area contributed by atoms with Gasteiger partial charge in [0.1, 0.15) is 5.69 Å². The molecule has 6 aromatic rings. The Morgan fingerprint density at radius 2 is 1.23 bits per heavy atom. The number of para-hydroxylation sites is 2. The smallest absolute Gasteiger partial charge is 0.159 e. The van der Waals surface area contributed by atoms with Crippen molar-refractivity contribution >= 4 is 44.2 Å². The summed E-state index contributed by atoms with van der Waals surface area (Å²) >= 11 is 6.28. The normalized spacial score (nSPS) is 11.5. The highest BCUT2D eigenvalue weighted by Crippen LogP contribution is 2.36. The van der Waals surface area contributed by atoms with Crippen molar-refractivity contribution in [2.24, 2.45) is 0 Å². The van der Waals surface area contributed by atoms with E-state index < -0.39 is 0 Å². The zero-order valence-corrected chi connectivity index (χ0v) is 16.7. The summed E-state index contributed by atoms with van der Waals surface area (Å²) in [6.07, 6.45) is 0. The van der Waals surface area contributed by atoms with Crippen LogP contribution in [0.15, 0.2) is 97.1 Å². The van der Waals surface area contributed by atoms with Gasteiger partial charge in [-0.2, -0.15) is 0 Å². The fraction of sp³-hybridized carbons (Fsp3) is 0. The molecule has 0 radical (unpaired) electrons. The molecule has 4 heteroatoms. The Bertz CT molecular complexity index is 1550. The lowest BCUT2D eigenvalue weighted by molar-refractivity contribution is 1.06. The molecule has 0 fully saturated rings. The second-order valence-electron chi connectivity index (χ2n) is 7.31. The number of hydrogen-bond donors (Lipinski definition) is 0. The molecule has 2 heterocycles. The summed E-state index contributed by atoms with van der Waals surface area (Å²) in [7, 11) is 0. The summed E-state index contributed by atoms with van der Waals surface area (Å²) in [5.74, 6) is 0. The minimum Gasteiger partial charge on any atom is -0.309 e. The standard InChI is InChI=1S/C26H16ClN3/c27-26-21-12-5-4-11-20(21)25(28-29-26)17-14-15-24-22(16-17)19-10-6-7-13-23(19)30(24)18-8-2-1-3-9-18/h1-16H. The summed E-state index contributed by atoms with van der Waals surface area (Å²) in [6, 6.07) is 33.5. The lowest BCUT2D eigenvalue weighted by Crippen LogP contribution is -1.94. The molecule has 0 aliphatic rings. The van der Waals surface area contributed by atoms with Crippen LogP contribution in [0.5, 0.6) is 0 Å². The maximum atomic E-state index is 6.28. The van der Waals surface area contributed by atoms with Gasteiger partial charge in [0.05, 0.1) is 11.0 Å². The molecule has 3 nitrogen and oxygen atoms in total. The molecule has 0 saturated carbocycles. The van der Waals surface area contributed by atoms with Gasteiger partial charge in [0.25, 0.3) is 0 Å². The Labute approximate surface area is 178 Å². The quantitative estimate of drug-likeness (QED) is 0.309. The first kappa shape index (κ1) is 17.2. The predicted octanol–water partition coefficient (Wildman–Crippen LogP) is 7.05. The molecule has 0 N–H and O–H groups in total. The molecule has 142 valence electrons. The molecule has 0 spiro atoms. The van der Waals surface area contributed by atoms with E-state index in [2.05, 4.69) is 81.5 Å². The third-order valence-electron chi connectivity index (χ3n) is 5.60. The molecule has 0 saturated heterocycles. The summed E-state index contributed by atoms with van der Waals surface area (Å²) < 4.78 is 2.31. The third kappa shape index (κ3) is 2.53. The van der Waals surface area contributed by atoms with E-state index in [1.807, 2.05) is 30.3 Å². The molecule has 0 aliphatic heterocycles. The highest BCUT2D eigenvalue weighted by molar-refractivity contribution is 6.34. The van der Waals surface area contributed by atoms with Crippen molar-refractivity contribution in [3.05, 3.63) is 102 Å². The number of halogens is 1. The average Bonchev–Trinajstić information content (AvgIpc) is 3.14. The van der Waals surface area contributed by atoms with Crippen LogP contribution < -0.4 is 0 Å². The minimum atomic E-state index is 0.427. The second kappa shape index (κ2) is 6.68. The van der Waals surface area contributed by atoms with Crippen LogP contribution in [0, 0.1) is 0 Å². The minimum absolute atomic E-state index is 0.427. The first-order chi connectivity index (χ1) is 14.8.